The average molecular weight is 441 g/mol. The van der Waals surface area contributed by atoms with Crippen molar-refractivity contribution in [1.82, 2.24) is 19.5 Å². The summed E-state index contributed by atoms with van der Waals surface area (Å²) in [5.74, 6) is 0.0714. The van der Waals surface area contributed by atoms with Crippen molar-refractivity contribution in [2.75, 3.05) is 12.3 Å². The lowest BCUT2D eigenvalue weighted by Crippen LogP contribution is -2.34. The molecule has 0 aromatic carbocycles. The number of ether oxygens (including phenoxy) is 1. The number of nitrogens with two attached hydrogens (primary N) is 1. The molecule has 1 fully saturated rings. The van der Waals surface area contributed by atoms with Crippen LogP contribution in [0.15, 0.2) is 12.7 Å². The van der Waals surface area contributed by atoms with Gasteiger partial charge in [0, 0.05) is 0 Å². The van der Waals surface area contributed by atoms with Crippen LogP contribution in [0, 0.1) is 0 Å². The van der Waals surface area contributed by atoms with E-state index in [-0.39, 0.29) is 24.4 Å². The Bertz CT molecular complexity index is 934. The van der Waals surface area contributed by atoms with Crippen molar-refractivity contribution in [3.63, 3.8) is 0 Å². The topological polar surface area (TPSA) is 238 Å². The maximum atomic E-state index is 11.3. The van der Waals surface area contributed by atoms with Crippen LogP contribution >= 0.6 is 15.6 Å². The Balaban J connectivity index is 0.00000280. The van der Waals surface area contributed by atoms with Crippen LogP contribution in [0.4, 0.5) is 5.82 Å². The van der Waals surface area contributed by atoms with Crippen LogP contribution in [0.5, 0.6) is 0 Å². The molecule has 28 heavy (non-hydrogen) atoms. The van der Waals surface area contributed by atoms with Crippen molar-refractivity contribution < 1.29 is 47.6 Å². The van der Waals surface area contributed by atoms with Crippen LogP contribution in [0.25, 0.3) is 11.2 Å². The van der Waals surface area contributed by atoms with E-state index in [1.165, 1.54) is 10.9 Å². The number of aliphatic hydroxyl groups is 2. The second kappa shape index (κ2) is 8.08. The Hall–Kier alpha value is -1.51. The van der Waals surface area contributed by atoms with Gasteiger partial charge in [0.15, 0.2) is 17.7 Å². The minimum Gasteiger partial charge on any atom is -0.756 e. The number of aliphatic hydroxyl groups excluding tert-OH is 2. The molecule has 1 aliphatic heterocycles. The Labute approximate surface area is 157 Å². The molecule has 0 spiro atoms. The smallest absolute Gasteiger partial charge is 0.274 e. The van der Waals surface area contributed by atoms with E-state index < -0.39 is 46.8 Å². The van der Waals surface area contributed by atoms with Gasteiger partial charge >= 0.3 is 0 Å². The van der Waals surface area contributed by atoms with Gasteiger partial charge in [0.05, 0.1) is 12.9 Å². The number of imidazole rings is 1. The summed E-state index contributed by atoms with van der Waals surface area (Å²) in [6, 6.07) is 0. The third-order valence-corrected chi connectivity index (χ3v) is 5.69. The molecule has 158 valence electrons. The molecule has 6 atom stereocenters. The number of nitrogens with zero attached hydrogens (tertiary/aromatic N) is 4. The van der Waals surface area contributed by atoms with E-state index >= 15 is 0 Å². The SMILES string of the molecule is C.Nc1ncnc2c1ncn2[C@@H]1O[C@H](COP(=O)([O-])OP(=O)([O-])O)C(O)[C@@H]1O. The van der Waals surface area contributed by atoms with Gasteiger partial charge < -0.3 is 39.9 Å². The first kappa shape index (κ1) is 22.8. The number of anilines is 1. The van der Waals surface area contributed by atoms with Crippen molar-refractivity contribution in [1.29, 1.82) is 0 Å². The Kier molecular flexibility index (Phi) is 6.57. The molecule has 0 radical (unpaired) electrons. The zero-order chi connectivity index (χ0) is 20.0. The quantitative estimate of drug-likeness (QED) is 0.343. The summed E-state index contributed by atoms with van der Waals surface area (Å²) in [5, 5.41) is 20.2. The Morgan fingerprint density at radius 2 is 1.93 bits per heavy atom. The number of nitrogen functional groups attached to an aromatic ring is 1. The van der Waals surface area contributed by atoms with E-state index in [0.29, 0.717) is 0 Å². The lowest BCUT2D eigenvalue weighted by atomic mass is 10.1. The molecule has 0 amide bonds. The fourth-order valence-corrected chi connectivity index (χ4v) is 4.00. The van der Waals surface area contributed by atoms with Crippen LogP contribution in [-0.4, -0.2) is 59.5 Å². The van der Waals surface area contributed by atoms with Crippen molar-refractivity contribution >= 4 is 32.6 Å². The van der Waals surface area contributed by atoms with Gasteiger partial charge in [0.25, 0.3) is 15.6 Å². The molecular formula is C11H17N5O10P2-2. The number of phosphoric ester groups is 1. The molecule has 2 aromatic rings. The van der Waals surface area contributed by atoms with E-state index in [0.717, 1.165) is 6.33 Å². The predicted octanol–water partition coefficient (Wildman–Crippen LogP) is -2.37. The molecule has 17 heteroatoms. The monoisotopic (exact) mass is 441 g/mol. The standard InChI is InChI=1S/C10H15N5O10P2.CH4/c11-8-5-9(13-2-12-8)15(3-14-5)10-7(17)6(16)4(24-10)1-23-27(21,22)25-26(18,19)20;/h2-4,6-7,10,16-17H,1H2,(H,21,22)(H2,11,12,13)(H2,18,19,20);1H4/p-2/t4-,6?,7+,10-;/m1./s1. The number of hydrogen-bond acceptors (Lipinski definition) is 13. The highest BCUT2D eigenvalue weighted by atomic mass is 31.3. The second-order valence-corrected chi connectivity index (χ2v) is 8.17. The van der Waals surface area contributed by atoms with Crippen LogP contribution < -0.4 is 15.5 Å². The van der Waals surface area contributed by atoms with E-state index in [9.17, 15) is 29.1 Å². The first-order valence-corrected chi connectivity index (χ1v) is 10.1. The predicted molar refractivity (Wildman–Crippen MR) is 86.9 cm³/mol. The molecule has 3 rings (SSSR count). The fourth-order valence-electron chi connectivity index (χ4n) is 2.47. The summed E-state index contributed by atoms with van der Waals surface area (Å²) in [4.78, 5) is 41.9. The lowest BCUT2D eigenvalue weighted by Gasteiger charge is -2.28. The zero-order valence-corrected chi connectivity index (χ0v) is 14.9. The van der Waals surface area contributed by atoms with E-state index in [1.807, 2.05) is 0 Å². The molecule has 5 N–H and O–H groups in total. The second-order valence-electron chi connectivity index (χ2n) is 5.42. The van der Waals surface area contributed by atoms with E-state index in [2.05, 4.69) is 23.8 Å². The summed E-state index contributed by atoms with van der Waals surface area (Å²) >= 11 is 0. The highest BCUT2D eigenvalue weighted by molar-refractivity contribution is 7.59. The summed E-state index contributed by atoms with van der Waals surface area (Å²) in [5.41, 5.74) is 6.06. The first-order chi connectivity index (χ1) is 12.5. The highest BCUT2D eigenvalue weighted by Gasteiger charge is 2.45. The normalized spacial score (nSPS) is 29.2. The Morgan fingerprint density at radius 3 is 2.57 bits per heavy atom. The maximum absolute atomic E-state index is 11.3. The van der Waals surface area contributed by atoms with Gasteiger partial charge in [-0.3, -0.25) is 13.7 Å². The number of rotatable bonds is 6. The van der Waals surface area contributed by atoms with Crippen molar-refractivity contribution in [2.45, 2.75) is 32.0 Å². The van der Waals surface area contributed by atoms with Crippen molar-refractivity contribution in [3.05, 3.63) is 12.7 Å². The largest absolute Gasteiger partial charge is 0.756 e. The molecule has 15 nitrogen and oxygen atoms in total. The van der Waals surface area contributed by atoms with Crippen molar-refractivity contribution in [2.24, 2.45) is 0 Å². The molecule has 2 aromatic heterocycles. The molecule has 1 saturated heterocycles. The van der Waals surface area contributed by atoms with Gasteiger partial charge in [-0.05, 0) is 0 Å². The van der Waals surface area contributed by atoms with Crippen LogP contribution in [0.3, 0.4) is 0 Å². The molecule has 0 aliphatic carbocycles. The molecular weight excluding hydrogens is 424 g/mol. The van der Waals surface area contributed by atoms with Crippen LogP contribution in [0.1, 0.15) is 13.7 Å². The summed E-state index contributed by atoms with van der Waals surface area (Å²) in [6.07, 6.45) is -3.40. The van der Waals surface area contributed by atoms with Gasteiger partial charge in [-0.25, -0.2) is 19.3 Å². The molecule has 0 bridgehead atoms. The highest BCUT2D eigenvalue weighted by Crippen LogP contribution is 2.52. The number of hydrogen-bond donors (Lipinski definition) is 4. The molecule has 1 aliphatic rings. The van der Waals surface area contributed by atoms with E-state index in [4.69, 9.17) is 15.4 Å². The molecule has 3 unspecified atom stereocenters. The number of aromatic nitrogens is 4. The third-order valence-electron chi connectivity index (χ3n) is 3.60. The minimum absolute atomic E-state index is 0. The van der Waals surface area contributed by atoms with Gasteiger partial charge in [0.2, 0.25) is 0 Å². The van der Waals surface area contributed by atoms with Gasteiger partial charge in [-0.1, -0.05) is 7.43 Å². The Morgan fingerprint density at radius 1 is 1.25 bits per heavy atom. The summed E-state index contributed by atoms with van der Waals surface area (Å²) in [6.45, 7) is -0.904. The van der Waals surface area contributed by atoms with Crippen LogP contribution in [0.2, 0.25) is 0 Å². The number of fused-ring (bicyclic) bond motifs is 1. The molecule has 3 heterocycles. The number of phosphoric acid groups is 2. The maximum Gasteiger partial charge on any atom is 0.274 e. The van der Waals surface area contributed by atoms with Crippen LogP contribution in [-0.2, 0) is 22.7 Å². The summed E-state index contributed by atoms with van der Waals surface area (Å²) in [7, 11) is -11.0. The zero-order valence-electron chi connectivity index (χ0n) is 13.1. The fraction of sp³-hybridized carbons (Fsp3) is 0.545. The van der Waals surface area contributed by atoms with Gasteiger partial charge in [-0.2, -0.15) is 0 Å². The van der Waals surface area contributed by atoms with Gasteiger partial charge in [-0.15, -0.1) is 0 Å². The first-order valence-electron chi connectivity index (χ1n) is 7.14. The van der Waals surface area contributed by atoms with Gasteiger partial charge in [0.1, 0.15) is 30.2 Å². The lowest BCUT2D eigenvalue weighted by molar-refractivity contribution is -0.242. The van der Waals surface area contributed by atoms with E-state index in [1.54, 1.807) is 0 Å². The third kappa shape index (κ3) is 4.72. The minimum atomic E-state index is -5.60. The summed E-state index contributed by atoms with van der Waals surface area (Å²) < 4.78 is 36.1. The molecule has 0 saturated carbocycles. The average Bonchev–Trinajstić information content (AvgIpc) is 3.07. The van der Waals surface area contributed by atoms with Crippen molar-refractivity contribution in [3.8, 4) is 0 Å².